The van der Waals surface area contributed by atoms with Crippen molar-refractivity contribution in [1.82, 2.24) is 4.98 Å². The third kappa shape index (κ3) is 2.56. The number of anilines is 1. The predicted octanol–water partition coefficient (Wildman–Crippen LogP) is 3.84. The van der Waals surface area contributed by atoms with E-state index < -0.39 is 0 Å². The summed E-state index contributed by atoms with van der Waals surface area (Å²) in [5.74, 6) is 0.817. The number of benzene rings is 2. The van der Waals surface area contributed by atoms with Gasteiger partial charge in [0.05, 0.1) is 5.75 Å². The molecule has 3 aromatic rings. The molecule has 0 aliphatic rings. The summed E-state index contributed by atoms with van der Waals surface area (Å²) in [4.78, 5) is 4.92. The molecule has 96 valence electrons. The van der Waals surface area contributed by atoms with Crippen molar-refractivity contribution in [2.24, 2.45) is 0 Å². The van der Waals surface area contributed by atoms with E-state index in [0.717, 1.165) is 5.52 Å². The third-order valence-electron chi connectivity index (χ3n) is 2.64. The molecule has 3 rings (SSSR count). The fourth-order valence-electron chi connectivity index (χ4n) is 1.75. The lowest BCUT2D eigenvalue weighted by Crippen LogP contribution is -1.83. The number of nitrogen functional groups attached to an aromatic ring is 1. The minimum atomic E-state index is -0.229. The van der Waals surface area contributed by atoms with E-state index in [0.29, 0.717) is 27.8 Å². The number of hydrogen-bond acceptors (Lipinski definition) is 4. The van der Waals surface area contributed by atoms with Crippen LogP contribution in [0.3, 0.4) is 0 Å². The highest BCUT2D eigenvalue weighted by molar-refractivity contribution is 7.98. The van der Waals surface area contributed by atoms with Gasteiger partial charge in [0, 0.05) is 16.6 Å². The number of rotatable bonds is 3. The lowest BCUT2D eigenvalue weighted by molar-refractivity contribution is 0.555. The third-order valence-corrected chi connectivity index (χ3v) is 3.68. The Labute approximate surface area is 113 Å². The van der Waals surface area contributed by atoms with Gasteiger partial charge in [-0.3, -0.25) is 0 Å². The van der Waals surface area contributed by atoms with Crippen LogP contribution in [0, 0.1) is 5.82 Å². The molecule has 0 aliphatic carbocycles. The van der Waals surface area contributed by atoms with Gasteiger partial charge in [0.2, 0.25) is 5.89 Å². The lowest BCUT2D eigenvalue weighted by atomic mass is 10.3. The molecule has 0 aliphatic heterocycles. The maximum absolute atomic E-state index is 13.5. The van der Waals surface area contributed by atoms with Gasteiger partial charge in [0.25, 0.3) is 0 Å². The number of thioether (sulfide) groups is 1. The summed E-state index contributed by atoms with van der Waals surface area (Å²) in [5, 5.41) is 0. The van der Waals surface area contributed by atoms with Crippen molar-refractivity contribution < 1.29 is 8.81 Å². The molecule has 2 aromatic carbocycles. The van der Waals surface area contributed by atoms with Crippen LogP contribution in [0.2, 0.25) is 0 Å². The molecule has 3 nitrogen and oxygen atoms in total. The minimum absolute atomic E-state index is 0.229. The van der Waals surface area contributed by atoms with Crippen molar-refractivity contribution in [3.8, 4) is 0 Å². The summed E-state index contributed by atoms with van der Waals surface area (Å²) in [5.41, 5.74) is 7.73. The molecule has 0 fully saturated rings. The summed E-state index contributed by atoms with van der Waals surface area (Å²) >= 11 is 1.36. The van der Waals surface area contributed by atoms with Crippen molar-refractivity contribution in [2.75, 3.05) is 5.73 Å². The van der Waals surface area contributed by atoms with E-state index >= 15 is 0 Å². The van der Waals surface area contributed by atoms with E-state index in [1.807, 2.05) is 6.07 Å². The maximum Gasteiger partial charge on any atom is 0.205 e. The molecule has 0 radical (unpaired) electrons. The van der Waals surface area contributed by atoms with Gasteiger partial charge in [-0.2, -0.15) is 0 Å². The second-order valence-corrected chi connectivity index (χ2v) is 5.07. The van der Waals surface area contributed by atoms with Crippen LogP contribution < -0.4 is 5.73 Å². The fraction of sp³-hybridized carbons (Fsp3) is 0.0714. The number of nitrogens with zero attached hydrogens (tertiary/aromatic N) is 1. The van der Waals surface area contributed by atoms with Gasteiger partial charge in [-0.15, -0.1) is 11.8 Å². The number of hydrogen-bond donors (Lipinski definition) is 1. The van der Waals surface area contributed by atoms with Gasteiger partial charge in [0.15, 0.2) is 5.58 Å². The summed E-state index contributed by atoms with van der Waals surface area (Å²) in [7, 11) is 0. The van der Waals surface area contributed by atoms with Crippen LogP contribution in [0.15, 0.2) is 51.8 Å². The molecule has 1 heterocycles. The molecule has 5 heteroatoms. The molecule has 0 bridgehead atoms. The van der Waals surface area contributed by atoms with Crippen molar-refractivity contribution in [1.29, 1.82) is 0 Å². The Morgan fingerprint density at radius 1 is 1.21 bits per heavy atom. The average Bonchev–Trinajstić information content (AvgIpc) is 2.79. The Balaban J connectivity index is 1.80. The van der Waals surface area contributed by atoms with Crippen LogP contribution in [-0.2, 0) is 5.75 Å². The fourth-order valence-corrected chi connectivity index (χ4v) is 2.54. The zero-order valence-corrected chi connectivity index (χ0v) is 10.8. The molecule has 1 aromatic heterocycles. The first-order valence-corrected chi connectivity index (χ1v) is 6.73. The standard InChI is InChI=1S/C14H11FN2OS/c15-10-3-1-2-4-13(10)19-8-14-17-11-6-5-9(16)7-12(11)18-14/h1-7H,8,16H2. The molecule has 0 amide bonds. The van der Waals surface area contributed by atoms with Crippen LogP contribution in [0.1, 0.15) is 5.89 Å². The normalized spacial score (nSPS) is 11.0. The van der Waals surface area contributed by atoms with Crippen molar-refractivity contribution >= 4 is 28.5 Å². The maximum atomic E-state index is 13.5. The average molecular weight is 274 g/mol. The van der Waals surface area contributed by atoms with E-state index in [2.05, 4.69) is 4.98 Å². The van der Waals surface area contributed by atoms with Crippen LogP contribution in [0.5, 0.6) is 0 Å². The quantitative estimate of drug-likeness (QED) is 0.582. The van der Waals surface area contributed by atoms with E-state index in [-0.39, 0.29) is 5.82 Å². The largest absolute Gasteiger partial charge is 0.440 e. The Morgan fingerprint density at radius 2 is 2.05 bits per heavy atom. The molecular formula is C14H11FN2OS. The van der Waals surface area contributed by atoms with Crippen LogP contribution >= 0.6 is 11.8 Å². The second-order valence-electron chi connectivity index (χ2n) is 4.05. The summed E-state index contributed by atoms with van der Waals surface area (Å²) < 4.78 is 19.0. The smallest absolute Gasteiger partial charge is 0.205 e. The Bertz CT molecular complexity index is 726. The van der Waals surface area contributed by atoms with Crippen LogP contribution in [0.25, 0.3) is 11.1 Å². The van der Waals surface area contributed by atoms with Crippen LogP contribution in [0.4, 0.5) is 10.1 Å². The predicted molar refractivity (Wildman–Crippen MR) is 74.4 cm³/mol. The zero-order valence-electron chi connectivity index (χ0n) is 9.97. The Kier molecular flexibility index (Phi) is 3.13. The van der Waals surface area contributed by atoms with Gasteiger partial charge < -0.3 is 10.2 Å². The van der Waals surface area contributed by atoms with Crippen molar-refractivity contribution in [2.45, 2.75) is 10.6 Å². The Hall–Kier alpha value is -2.01. The lowest BCUT2D eigenvalue weighted by Gasteiger charge is -1.99. The van der Waals surface area contributed by atoms with Crippen molar-refractivity contribution in [3.05, 3.63) is 54.2 Å². The Morgan fingerprint density at radius 3 is 2.89 bits per heavy atom. The molecule has 0 saturated carbocycles. The van der Waals surface area contributed by atoms with E-state index in [9.17, 15) is 4.39 Å². The topological polar surface area (TPSA) is 52.0 Å². The number of oxazole rings is 1. The highest BCUT2D eigenvalue weighted by Gasteiger charge is 2.08. The van der Waals surface area contributed by atoms with Gasteiger partial charge in [-0.1, -0.05) is 12.1 Å². The number of aromatic nitrogens is 1. The van der Waals surface area contributed by atoms with Gasteiger partial charge in [-0.25, -0.2) is 9.37 Å². The number of halogens is 1. The first-order chi connectivity index (χ1) is 9.22. The SMILES string of the molecule is Nc1ccc2nc(CSc3ccccc3F)oc2c1. The van der Waals surface area contributed by atoms with E-state index in [1.54, 1.807) is 30.3 Å². The molecule has 0 unspecified atom stereocenters. The highest BCUT2D eigenvalue weighted by atomic mass is 32.2. The molecule has 0 spiro atoms. The first-order valence-electron chi connectivity index (χ1n) is 5.74. The van der Waals surface area contributed by atoms with E-state index in [1.165, 1.54) is 17.8 Å². The highest BCUT2D eigenvalue weighted by Crippen LogP contribution is 2.27. The van der Waals surface area contributed by atoms with E-state index in [4.69, 9.17) is 10.2 Å². The number of fused-ring (bicyclic) bond motifs is 1. The van der Waals surface area contributed by atoms with Gasteiger partial charge in [-0.05, 0) is 24.3 Å². The summed E-state index contributed by atoms with van der Waals surface area (Å²) in [6, 6.07) is 12.0. The first kappa shape index (κ1) is 12.0. The zero-order chi connectivity index (χ0) is 13.2. The van der Waals surface area contributed by atoms with Crippen molar-refractivity contribution in [3.63, 3.8) is 0 Å². The van der Waals surface area contributed by atoms with Gasteiger partial charge in [0.1, 0.15) is 11.3 Å². The molecule has 2 N–H and O–H groups in total. The molecule has 0 saturated heterocycles. The minimum Gasteiger partial charge on any atom is -0.440 e. The molecule has 19 heavy (non-hydrogen) atoms. The van der Waals surface area contributed by atoms with Gasteiger partial charge >= 0.3 is 0 Å². The molecular weight excluding hydrogens is 263 g/mol. The molecule has 0 atom stereocenters. The monoisotopic (exact) mass is 274 g/mol. The summed E-state index contributed by atoms with van der Waals surface area (Å²) in [6.45, 7) is 0. The second kappa shape index (κ2) is 4.93. The van der Waals surface area contributed by atoms with Crippen LogP contribution in [-0.4, -0.2) is 4.98 Å². The summed E-state index contributed by atoms with van der Waals surface area (Å²) in [6.07, 6.45) is 0. The number of nitrogens with two attached hydrogens (primary N) is 1.